The lowest BCUT2D eigenvalue weighted by Crippen LogP contribution is -2.35. The normalized spacial score (nSPS) is 13.4. The van der Waals surface area contributed by atoms with E-state index < -0.39 is 29.0 Å². The fraction of sp³-hybridized carbons (Fsp3) is 0.316. The number of aromatic nitrogens is 1. The predicted octanol–water partition coefficient (Wildman–Crippen LogP) is 3.07. The molecule has 0 N–H and O–H groups in total. The average Bonchev–Trinajstić information content (AvgIpc) is 3.03. The standard InChI is InChI=1S/C19H19N3O5/c1-10(2)21-11(3)8-14(12(21)4)16(23)9-20-18(24)13-6-5-7-15(22(26)27)17(13)19(20)25/h5-8,10H,9H2,1-4H3. The Balaban J connectivity index is 1.94. The van der Waals surface area contributed by atoms with Crippen LogP contribution in [0.25, 0.3) is 0 Å². The van der Waals surface area contributed by atoms with Crippen molar-refractivity contribution in [2.45, 2.75) is 33.7 Å². The van der Waals surface area contributed by atoms with E-state index in [4.69, 9.17) is 0 Å². The molecule has 0 fully saturated rings. The molecule has 2 heterocycles. The number of amides is 2. The van der Waals surface area contributed by atoms with Gasteiger partial charge >= 0.3 is 0 Å². The molecule has 1 aromatic carbocycles. The van der Waals surface area contributed by atoms with Gasteiger partial charge in [0, 0.05) is 29.1 Å². The van der Waals surface area contributed by atoms with Gasteiger partial charge in [0.25, 0.3) is 17.5 Å². The molecule has 140 valence electrons. The third-order valence-corrected chi connectivity index (χ3v) is 4.78. The van der Waals surface area contributed by atoms with Crippen LogP contribution in [0.15, 0.2) is 24.3 Å². The van der Waals surface area contributed by atoms with E-state index in [1.54, 1.807) is 6.07 Å². The number of hydrogen-bond donors (Lipinski definition) is 0. The van der Waals surface area contributed by atoms with Gasteiger partial charge < -0.3 is 4.57 Å². The van der Waals surface area contributed by atoms with E-state index in [1.165, 1.54) is 18.2 Å². The molecule has 8 heteroatoms. The molecule has 0 bridgehead atoms. The van der Waals surface area contributed by atoms with Crippen LogP contribution in [0.5, 0.6) is 0 Å². The zero-order valence-electron chi connectivity index (χ0n) is 15.5. The van der Waals surface area contributed by atoms with Crippen molar-refractivity contribution in [3.05, 3.63) is 62.5 Å². The van der Waals surface area contributed by atoms with Crippen molar-refractivity contribution in [3.8, 4) is 0 Å². The minimum absolute atomic E-state index is 0.0466. The highest BCUT2D eigenvalue weighted by molar-refractivity contribution is 6.24. The molecular weight excluding hydrogens is 350 g/mol. The number of Topliss-reactive ketones (excluding diaryl/α,β-unsaturated/α-hetero) is 1. The lowest BCUT2D eigenvalue weighted by atomic mass is 10.1. The molecule has 1 aromatic heterocycles. The highest BCUT2D eigenvalue weighted by Crippen LogP contribution is 2.31. The van der Waals surface area contributed by atoms with E-state index in [9.17, 15) is 24.5 Å². The molecule has 3 rings (SSSR count). The first kappa shape index (κ1) is 18.5. The van der Waals surface area contributed by atoms with Crippen LogP contribution in [0.3, 0.4) is 0 Å². The molecule has 0 saturated heterocycles. The van der Waals surface area contributed by atoms with E-state index in [-0.39, 0.29) is 23.0 Å². The summed E-state index contributed by atoms with van der Waals surface area (Å²) < 4.78 is 2.00. The van der Waals surface area contributed by atoms with Gasteiger partial charge in [-0.3, -0.25) is 29.4 Å². The Morgan fingerprint density at radius 2 is 1.85 bits per heavy atom. The number of fused-ring (bicyclic) bond motifs is 1. The van der Waals surface area contributed by atoms with Gasteiger partial charge in [-0.15, -0.1) is 0 Å². The summed E-state index contributed by atoms with van der Waals surface area (Å²) in [4.78, 5) is 49.2. The summed E-state index contributed by atoms with van der Waals surface area (Å²) in [6.45, 7) is 7.24. The van der Waals surface area contributed by atoms with Crippen LogP contribution >= 0.6 is 0 Å². The van der Waals surface area contributed by atoms with E-state index >= 15 is 0 Å². The maximum atomic E-state index is 12.8. The maximum Gasteiger partial charge on any atom is 0.282 e. The topological polar surface area (TPSA) is 103 Å². The Hall–Kier alpha value is -3.29. The molecule has 1 aliphatic rings. The highest BCUT2D eigenvalue weighted by Gasteiger charge is 2.41. The van der Waals surface area contributed by atoms with Gasteiger partial charge in [0.1, 0.15) is 5.56 Å². The van der Waals surface area contributed by atoms with Gasteiger partial charge in [-0.05, 0) is 39.8 Å². The second-order valence-corrected chi connectivity index (χ2v) is 6.82. The zero-order valence-corrected chi connectivity index (χ0v) is 15.5. The van der Waals surface area contributed by atoms with Crippen LogP contribution in [-0.4, -0.2) is 38.5 Å². The molecule has 0 aliphatic carbocycles. The Morgan fingerprint density at radius 1 is 1.19 bits per heavy atom. The SMILES string of the molecule is Cc1cc(C(=O)CN2C(=O)c3cccc([N+](=O)[O-])c3C2=O)c(C)n1C(C)C. The predicted molar refractivity (Wildman–Crippen MR) is 97.1 cm³/mol. The summed E-state index contributed by atoms with van der Waals surface area (Å²) in [7, 11) is 0. The molecule has 27 heavy (non-hydrogen) atoms. The van der Waals surface area contributed by atoms with E-state index in [0.717, 1.165) is 16.3 Å². The first-order valence-electron chi connectivity index (χ1n) is 8.50. The number of nitrogens with zero attached hydrogens (tertiary/aromatic N) is 3. The number of nitro groups is 1. The van der Waals surface area contributed by atoms with E-state index in [2.05, 4.69) is 0 Å². The second-order valence-electron chi connectivity index (χ2n) is 6.82. The number of nitro benzene ring substituents is 1. The third-order valence-electron chi connectivity index (χ3n) is 4.78. The summed E-state index contributed by atoms with van der Waals surface area (Å²) in [6, 6.07) is 5.78. The minimum Gasteiger partial charge on any atom is -0.346 e. The summed E-state index contributed by atoms with van der Waals surface area (Å²) in [5.41, 5.74) is 1.37. The van der Waals surface area contributed by atoms with Gasteiger partial charge in [-0.1, -0.05) is 6.07 Å². The molecule has 0 radical (unpaired) electrons. The molecular formula is C19H19N3O5. The van der Waals surface area contributed by atoms with Crippen LogP contribution in [0, 0.1) is 24.0 Å². The summed E-state index contributed by atoms with van der Waals surface area (Å²) in [5, 5.41) is 11.2. The number of imide groups is 1. The molecule has 1 aliphatic heterocycles. The molecule has 0 saturated carbocycles. The quantitative estimate of drug-likeness (QED) is 0.349. The van der Waals surface area contributed by atoms with Crippen molar-refractivity contribution in [2.24, 2.45) is 0 Å². The number of carbonyl (C=O) groups is 3. The Bertz CT molecular complexity index is 1000. The van der Waals surface area contributed by atoms with Crippen LogP contribution in [0.2, 0.25) is 0 Å². The molecule has 2 amide bonds. The van der Waals surface area contributed by atoms with Crippen LogP contribution < -0.4 is 0 Å². The fourth-order valence-electron chi connectivity index (χ4n) is 3.69. The second kappa shape index (κ2) is 6.46. The Morgan fingerprint density at radius 3 is 2.41 bits per heavy atom. The number of rotatable bonds is 5. The first-order valence-corrected chi connectivity index (χ1v) is 8.50. The van der Waals surface area contributed by atoms with Crippen molar-refractivity contribution in [3.63, 3.8) is 0 Å². The van der Waals surface area contributed by atoms with Crippen LogP contribution in [0.1, 0.15) is 62.4 Å². The maximum absolute atomic E-state index is 12.8. The van der Waals surface area contributed by atoms with Gasteiger partial charge in [0.05, 0.1) is 17.0 Å². The van der Waals surface area contributed by atoms with Crippen molar-refractivity contribution >= 4 is 23.3 Å². The summed E-state index contributed by atoms with van der Waals surface area (Å²) in [5.74, 6) is -1.88. The Kier molecular flexibility index (Phi) is 4.43. The fourth-order valence-corrected chi connectivity index (χ4v) is 3.69. The highest BCUT2D eigenvalue weighted by atomic mass is 16.6. The zero-order chi connectivity index (χ0) is 20.0. The molecule has 0 atom stereocenters. The lowest BCUT2D eigenvalue weighted by Gasteiger charge is -2.15. The van der Waals surface area contributed by atoms with Crippen LogP contribution in [-0.2, 0) is 0 Å². The van der Waals surface area contributed by atoms with Gasteiger partial charge in [0.15, 0.2) is 5.78 Å². The third kappa shape index (κ3) is 2.83. The molecule has 8 nitrogen and oxygen atoms in total. The van der Waals surface area contributed by atoms with Gasteiger partial charge in [-0.2, -0.15) is 0 Å². The lowest BCUT2D eigenvalue weighted by molar-refractivity contribution is -0.385. The minimum atomic E-state index is -0.812. The van der Waals surface area contributed by atoms with Crippen molar-refractivity contribution in [1.29, 1.82) is 0 Å². The first-order chi connectivity index (χ1) is 12.6. The van der Waals surface area contributed by atoms with Crippen molar-refractivity contribution in [2.75, 3.05) is 6.54 Å². The number of benzene rings is 1. The average molecular weight is 369 g/mol. The number of carbonyl (C=O) groups excluding carboxylic acids is 3. The summed E-state index contributed by atoms with van der Waals surface area (Å²) in [6.07, 6.45) is 0. The smallest absolute Gasteiger partial charge is 0.282 e. The molecule has 0 unspecified atom stereocenters. The monoisotopic (exact) mass is 369 g/mol. The number of aryl methyl sites for hydroxylation is 1. The van der Waals surface area contributed by atoms with Gasteiger partial charge in [-0.25, -0.2) is 0 Å². The largest absolute Gasteiger partial charge is 0.346 e. The van der Waals surface area contributed by atoms with Crippen molar-refractivity contribution in [1.82, 2.24) is 9.47 Å². The molecule has 2 aromatic rings. The van der Waals surface area contributed by atoms with E-state index in [0.29, 0.717) is 5.56 Å². The van der Waals surface area contributed by atoms with Gasteiger partial charge in [0.2, 0.25) is 0 Å². The molecule has 0 spiro atoms. The summed E-state index contributed by atoms with van der Waals surface area (Å²) >= 11 is 0. The van der Waals surface area contributed by atoms with Crippen molar-refractivity contribution < 1.29 is 19.3 Å². The number of hydrogen-bond acceptors (Lipinski definition) is 5. The van der Waals surface area contributed by atoms with E-state index in [1.807, 2.05) is 32.3 Å². The Labute approximate surface area is 155 Å². The van der Waals surface area contributed by atoms with Crippen LogP contribution in [0.4, 0.5) is 5.69 Å². The number of ketones is 1.